The highest BCUT2D eigenvalue weighted by Crippen LogP contribution is 2.23. The number of ether oxygens (including phenoxy) is 1. The predicted octanol–water partition coefficient (Wildman–Crippen LogP) is 0.793. The summed E-state index contributed by atoms with van der Waals surface area (Å²) in [6.45, 7) is 4.06. The van der Waals surface area contributed by atoms with E-state index in [0.717, 1.165) is 31.6 Å². The maximum Gasteiger partial charge on any atom is 0.318 e. The smallest absolute Gasteiger partial charge is 0.318 e. The molecule has 0 unspecified atom stereocenters. The molecule has 2 amide bonds. The van der Waals surface area contributed by atoms with Crippen LogP contribution in [0, 0.1) is 0 Å². The molecule has 6 nitrogen and oxygen atoms in total. The zero-order chi connectivity index (χ0) is 16.2. The molecule has 2 atom stereocenters. The number of urea groups is 1. The average molecular weight is 319 g/mol. The van der Waals surface area contributed by atoms with Crippen LogP contribution in [-0.2, 0) is 17.9 Å². The third-order valence-electron chi connectivity index (χ3n) is 4.78. The molecule has 6 heteroatoms. The van der Waals surface area contributed by atoms with Gasteiger partial charge in [0, 0.05) is 33.3 Å². The van der Waals surface area contributed by atoms with Crippen molar-refractivity contribution < 1.29 is 14.6 Å². The Hall–Kier alpha value is -1.63. The fourth-order valence-electron chi connectivity index (χ4n) is 3.52. The Morgan fingerprint density at radius 3 is 2.74 bits per heavy atom. The molecule has 23 heavy (non-hydrogen) atoms. The number of benzene rings is 1. The highest BCUT2D eigenvalue weighted by atomic mass is 16.5. The molecule has 2 heterocycles. The van der Waals surface area contributed by atoms with Crippen LogP contribution in [0.5, 0.6) is 0 Å². The van der Waals surface area contributed by atoms with Crippen molar-refractivity contribution in [3.63, 3.8) is 0 Å². The topological polar surface area (TPSA) is 65.0 Å². The van der Waals surface area contributed by atoms with Crippen molar-refractivity contribution in [2.24, 2.45) is 0 Å². The number of carbonyl (C=O) groups is 1. The van der Waals surface area contributed by atoms with Gasteiger partial charge in [-0.3, -0.25) is 4.90 Å². The number of piperidine rings is 1. The van der Waals surface area contributed by atoms with E-state index in [1.54, 1.807) is 7.11 Å². The molecule has 3 rings (SSSR count). The third-order valence-corrected chi connectivity index (χ3v) is 4.78. The van der Waals surface area contributed by atoms with E-state index in [2.05, 4.69) is 22.3 Å². The van der Waals surface area contributed by atoms with E-state index in [1.165, 1.54) is 5.56 Å². The number of aliphatic hydroxyl groups excluding tert-OH is 1. The van der Waals surface area contributed by atoms with Gasteiger partial charge in [0.25, 0.3) is 0 Å². The number of amides is 2. The molecule has 2 fully saturated rings. The lowest BCUT2D eigenvalue weighted by atomic mass is 9.99. The Balaban J connectivity index is 1.57. The van der Waals surface area contributed by atoms with Crippen LogP contribution in [0.1, 0.15) is 17.5 Å². The highest BCUT2D eigenvalue weighted by molar-refractivity contribution is 5.77. The predicted molar refractivity (Wildman–Crippen MR) is 86.9 cm³/mol. The number of aliphatic hydroxyl groups is 1. The number of rotatable bonds is 6. The molecule has 2 aliphatic rings. The molecule has 2 saturated heterocycles. The van der Waals surface area contributed by atoms with Crippen LogP contribution in [0.15, 0.2) is 24.3 Å². The van der Waals surface area contributed by atoms with Gasteiger partial charge in [-0.2, -0.15) is 0 Å². The first-order chi connectivity index (χ1) is 11.2. The number of hydrogen-bond donors (Lipinski definition) is 2. The van der Waals surface area contributed by atoms with E-state index in [0.29, 0.717) is 13.2 Å². The maximum atomic E-state index is 12.1. The minimum atomic E-state index is 0.0335. The Morgan fingerprint density at radius 1 is 1.30 bits per heavy atom. The molecule has 0 bridgehead atoms. The standard InChI is InChI=1S/C17H25N3O3/c1-23-9-8-20-16-6-7-19(11-15(16)18-17(20)22)10-13-2-4-14(12-21)5-3-13/h2-5,15-16,21H,6-12H2,1H3,(H,18,22)/t15-,16+/m1/s1. The highest BCUT2D eigenvalue weighted by Gasteiger charge is 2.42. The summed E-state index contributed by atoms with van der Waals surface area (Å²) in [5.41, 5.74) is 2.17. The van der Waals surface area contributed by atoms with Gasteiger partial charge in [-0.1, -0.05) is 24.3 Å². The molecule has 0 radical (unpaired) electrons. The zero-order valence-electron chi connectivity index (χ0n) is 13.6. The van der Waals surface area contributed by atoms with Crippen LogP contribution in [0.3, 0.4) is 0 Å². The number of likely N-dealkylation sites (tertiary alicyclic amines) is 1. The van der Waals surface area contributed by atoms with Gasteiger partial charge in [0.1, 0.15) is 0 Å². The number of hydrogen-bond acceptors (Lipinski definition) is 4. The Morgan fingerprint density at radius 2 is 2.04 bits per heavy atom. The van der Waals surface area contributed by atoms with Crippen LogP contribution in [0.25, 0.3) is 0 Å². The van der Waals surface area contributed by atoms with Gasteiger partial charge in [0.2, 0.25) is 0 Å². The molecule has 0 aromatic heterocycles. The number of fused-ring (bicyclic) bond motifs is 1. The van der Waals surface area contributed by atoms with Gasteiger partial charge < -0.3 is 20.1 Å². The first-order valence-corrected chi connectivity index (χ1v) is 8.18. The summed E-state index contributed by atoms with van der Waals surface area (Å²) in [6, 6.07) is 8.57. The fraction of sp³-hybridized carbons (Fsp3) is 0.588. The van der Waals surface area contributed by atoms with Crippen LogP contribution in [0.2, 0.25) is 0 Å². The monoisotopic (exact) mass is 319 g/mol. The van der Waals surface area contributed by atoms with Crippen LogP contribution >= 0.6 is 0 Å². The van der Waals surface area contributed by atoms with Crippen LogP contribution in [-0.4, -0.2) is 66.4 Å². The first kappa shape index (κ1) is 16.2. The third kappa shape index (κ3) is 3.65. The second-order valence-corrected chi connectivity index (χ2v) is 6.31. The molecule has 2 aliphatic heterocycles. The van der Waals surface area contributed by atoms with Crippen molar-refractivity contribution in [3.05, 3.63) is 35.4 Å². The van der Waals surface area contributed by atoms with E-state index in [4.69, 9.17) is 9.84 Å². The number of methoxy groups -OCH3 is 1. The van der Waals surface area contributed by atoms with Crippen LogP contribution in [0.4, 0.5) is 4.79 Å². The Bertz CT molecular complexity index is 534. The summed E-state index contributed by atoms with van der Waals surface area (Å²) in [7, 11) is 1.66. The normalized spacial score (nSPS) is 24.6. The summed E-state index contributed by atoms with van der Waals surface area (Å²) in [5.74, 6) is 0. The second-order valence-electron chi connectivity index (χ2n) is 6.31. The van der Waals surface area contributed by atoms with Crippen LogP contribution < -0.4 is 5.32 Å². The fourth-order valence-corrected chi connectivity index (χ4v) is 3.52. The minimum Gasteiger partial charge on any atom is -0.392 e. The number of nitrogens with one attached hydrogen (secondary N) is 1. The van der Waals surface area contributed by atoms with Crippen molar-refractivity contribution in [2.45, 2.75) is 31.7 Å². The van der Waals surface area contributed by atoms with Crippen molar-refractivity contribution in [2.75, 3.05) is 33.4 Å². The lowest BCUT2D eigenvalue weighted by Crippen LogP contribution is -2.51. The molecule has 1 aromatic rings. The Labute approximate surface area is 137 Å². The van der Waals surface area contributed by atoms with Gasteiger partial charge in [-0.05, 0) is 17.5 Å². The van der Waals surface area contributed by atoms with E-state index in [1.807, 2.05) is 17.0 Å². The quantitative estimate of drug-likeness (QED) is 0.814. The first-order valence-electron chi connectivity index (χ1n) is 8.18. The van der Waals surface area contributed by atoms with Crippen molar-refractivity contribution >= 4 is 6.03 Å². The summed E-state index contributed by atoms with van der Waals surface area (Å²) >= 11 is 0. The second kappa shape index (κ2) is 7.29. The van der Waals surface area contributed by atoms with E-state index < -0.39 is 0 Å². The minimum absolute atomic E-state index is 0.0335. The number of nitrogens with zero attached hydrogens (tertiary/aromatic N) is 2. The van der Waals surface area contributed by atoms with Gasteiger partial charge in [0.05, 0.1) is 25.3 Å². The molecule has 0 aliphatic carbocycles. The summed E-state index contributed by atoms with van der Waals surface area (Å²) in [6.07, 6.45) is 0.988. The molecule has 2 N–H and O–H groups in total. The Kier molecular flexibility index (Phi) is 5.15. The molecular formula is C17H25N3O3. The summed E-state index contributed by atoms with van der Waals surface area (Å²) in [4.78, 5) is 16.4. The zero-order valence-corrected chi connectivity index (χ0v) is 13.6. The molecular weight excluding hydrogens is 294 g/mol. The largest absolute Gasteiger partial charge is 0.392 e. The molecule has 1 aromatic carbocycles. The SMILES string of the molecule is COCCN1C(=O)N[C@@H]2CN(Cc3ccc(CO)cc3)CC[C@@H]21. The van der Waals surface area contributed by atoms with Gasteiger partial charge in [-0.25, -0.2) is 4.79 Å². The maximum absolute atomic E-state index is 12.1. The van der Waals surface area contributed by atoms with Crippen molar-refractivity contribution in [1.29, 1.82) is 0 Å². The van der Waals surface area contributed by atoms with Gasteiger partial charge >= 0.3 is 6.03 Å². The number of carbonyl (C=O) groups excluding carboxylic acids is 1. The van der Waals surface area contributed by atoms with E-state index >= 15 is 0 Å². The van der Waals surface area contributed by atoms with E-state index in [-0.39, 0.29) is 24.7 Å². The summed E-state index contributed by atoms with van der Waals surface area (Å²) in [5, 5.41) is 12.2. The molecule has 126 valence electrons. The van der Waals surface area contributed by atoms with Crippen molar-refractivity contribution in [1.82, 2.24) is 15.1 Å². The van der Waals surface area contributed by atoms with Gasteiger partial charge in [0.15, 0.2) is 0 Å². The van der Waals surface area contributed by atoms with Gasteiger partial charge in [-0.15, -0.1) is 0 Å². The lowest BCUT2D eigenvalue weighted by molar-refractivity contribution is 0.111. The average Bonchev–Trinajstić information content (AvgIpc) is 2.88. The van der Waals surface area contributed by atoms with Crippen molar-refractivity contribution in [3.8, 4) is 0 Å². The molecule has 0 spiro atoms. The van der Waals surface area contributed by atoms with E-state index in [9.17, 15) is 4.79 Å². The lowest BCUT2D eigenvalue weighted by Gasteiger charge is -2.36. The summed E-state index contributed by atoms with van der Waals surface area (Å²) < 4.78 is 5.10. The molecule has 0 saturated carbocycles.